The Kier molecular flexibility index (Phi) is 4.44. The number of rotatable bonds is 5. The third-order valence-electron chi connectivity index (χ3n) is 4.35. The monoisotopic (exact) mass is 290 g/mol. The number of carboxylic acids is 1. The first-order chi connectivity index (χ1) is 9.69. The molecule has 4 nitrogen and oxygen atoms in total. The van der Waals surface area contributed by atoms with E-state index in [2.05, 4.69) is 0 Å². The lowest BCUT2D eigenvalue weighted by molar-refractivity contribution is -0.136. The minimum Gasteiger partial charge on any atom is -0.481 e. The highest BCUT2D eigenvalue weighted by atomic mass is 16.7. The lowest BCUT2D eigenvalue weighted by atomic mass is 9.81. The Labute approximate surface area is 126 Å². The third kappa shape index (κ3) is 3.86. The smallest absolute Gasteiger partial charge is 0.458 e. The van der Waals surface area contributed by atoms with Gasteiger partial charge in [-0.15, -0.1) is 0 Å². The van der Waals surface area contributed by atoms with E-state index in [9.17, 15) is 4.79 Å². The van der Waals surface area contributed by atoms with E-state index in [1.54, 1.807) is 0 Å². The van der Waals surface area contributed by atoms with Crippen LogP contribution in [0.4, 0.5) is 0 Å². The fourth-order valence-electron chi connectivity index (χ4n) is 2.37. The topological polar surface area (TPSA) is 55.8 Å². The molecule has 1 aromatic carbocycles. The normalized spacial score (nSPS) is 19.7. The zero-order valence-electron chi connectivity index (χ0n) is 13.2. The van der Waals surface area contributed by atoms with Gasteiger partial charge in [-0.25, -0.2) is 0 Å². The molecule has 1 heterocycles. The molecule has 1 aliphatic rings. The molecule has 5 heteroatoms. The van der Waals surface area contributed by atoms with E-state index in [0.29, 0.717) is 0 Å². The summed E-state index contributed by atoms with van der Waals surface area (Å²) in [7, 11) is -0.186. The molecule has 0 unspecified atom stereocenters. The van der Waals surface area contributed by atoms with Gasteiger partial charge in [0.2, 0.25) is 0 Å². The minimum atomic E-state index is -0.806. The molecular formula is C16H23BO4. The standard InChI is InChI=1S/C16H23BO4/c1-15(2)16(3,4)21-17(20-15)10-9-12-5-7-13(8-6-12)11-14(18)19/h5-8H,9-11H2,1-4H3,(H,18,19). The van der Waals surface area contributed by atoms with Crippen molar-refractivity contribution in [1.82, 2.24) is 0 Å². The van der Waals surface area contributed by atoms with Crippen molar-refractivity contribution in [3.8, 4) is 0 Å². The van der Waals surface area contributed by atoms with E-state index in [1.807, 2.05) is 52.0 Å². The van der Waals surface area contributed by atoms with Crippen LogP contribution in [0.3, 0.4) is 0 Å². The summed E-state index contributed by atoms with van der Waals surface area (Å²) in [6.07, 6.45) is 1.72. The second-order valence-electron chi connectivity index (χ2n) is 6.61. The summed E-state index contributed by atoms with van der Waals surface area (Å²) in [5.41, 5.74) is 1.41. The van der Waals surface area contributed by atoms with Gasteiger partial charge in [0.25, 0.3) is 0 Å². The Morgan fingerprint density at radius 3 is 2.00 bits per heavy atom. The summed E-state index contributed by atoms with van der Waals surface area (Å²) in [5.74, 6) is -0.806. The molecule has 0 bridgehead atoms. The van der Waals surface area contributed by atoms with Crippen LogP contribution in [0.5, 0.6) is 0 Å². The van der Waals surface area contributed by atoms with Crippen LogP contribution in [-0.2, 0) is 26.9 Å². The van der Waals surface area contributed by atoms with Crippen LogP contribution < -0.4 is 0 Å². The molecule has 0 spiro atoms. The molecule has 114 valence electrons. The molecule has 1 fully saturated rings. The second kappa shape index (κ2) is 5.81. The van der Waals surface area contributed by atoms with Crippen LogP contribution >= 0.6 is 0 Å². The lowest BCUT2D eigenvalue weighted by Crippen LogP contribution is -2.41. The van der Waals surface area contributed by atoms with Crippen molar-refractivity contribution in [2.24, 2.45) is 0 Å². The van der Waals surface area contributed by atoms with E-state index in [0.717, 1.165) is 18.3 Å². The molecule has 21 heavy (non-hydrogen) atoms. The number of hydrogen-bond acceptors (Lipinski definition) is 3. The maximum Gasteiger partial charge on any atom is 0.458 e. The number of carboxylic acid groups (broad SMARTS) is 1. The van der Waals surface area contributed by atoms with Crippen LogP contribution in [-0.4, -0.2) is 29.4 Å². The highest BCUT2D eigenvalue weighted by Gasteiger charge is 2.50. The number of benzene rings is 1. The van der Waals surface area contributed by atoms with Crippen LogP contribution in [0.25, 0.3) is 0 Å². The number of carbonyl (C=O) groups is 1. The first-order valence-corrected chi connectivity index (χ1v) is 7.35. The zero-order valence-corrected chi connectivity index (χ0v) is 13.2. The fourth-order valence-corrected chi connectivity index (χ4v) is 2.37. The van der Waals surface area contributed by atoms with Crippen LogP contribution in [0.1, 0.15) is 38.8 Å². The molecule has 0 radical (unpaired) electrons. The van der Waals surface area contributed by atoms with Gasteiger partial charge < -0.3 is 14.4 Å². The van der Waals surface area contributed by atoms with Crippen LogP contribution in [0.2, 0.25) is 6.32 Å². The molecule has 2 rings (SSSR count). The molecular weight excluding hydrogens is 267 g/mol. The molecule has 1 aliphatic heterocycles. The highest BCUT2D eigenvalue weighted by molar-refractivity contribution is 6.45. The van der Waals surface area contributed by atoms with Gasteiger partial charge in [-0.05, 0) is 51.6 Å². The Morgan fingerprint density at radius 1 is 1.05 bits per heavy atom. The summed E-state index contributed by atoms with van der Waals surface area (Å²) >= 11 is 0. The van der Waals surface area contributed by atoms with Gasteiger partial charge in [0.15, 0.2) is 0 Å². The van der Waals surface area contributed by atoms with Gasteiger partial charge >= 0.3 is 13.1 Å². The summed E-state index contributed by atoms with van der Waals surface area (Å²) < 4.78 is 11.9. The van der Waals surface area contributed by atoms with Gasteiger partial charge in [-0.3, -0.25) is 4.79 Å². The third-order valence-corrected chi connectivity index (χ3v) is 4.35. The Bertz CT molecular complexity index is 492. The van der Waals surface area contributed by atoms with E-state index in [-0.39, 0.29) is 24.7 Å². The maximum atomic E-state index is 10.6. The minimum absolute atomic E-state index is 0.0670. The molecule has 0 aliphatic carbocycles. The largest absolute Gasteiger partial charge is 0.481 e. The van der Waals surface area contributed by atoms with E-state index in [1.165, 1.54) is 5.56 Å². The van der Waals surface area contributed by atoms with Crippen molar-refractivity contribution in [3.63, 3.8) is 0 Å². The van der Waals surface area contributed by atoms with E-state index < -0.39 is 5.97 Å². The van der Waals surface area contributed by atoms with Crippen molar-refractivity contribution in [3.05, 3.63) is 35.4 Å². The number of aryl methyl sites for hydroxylation is 1. The lowest BCUT2D eigenvalue weighted by Gasteiger charge is -2.32. The molecule has 0 saturated carbocycles. The fraction of sp³-hybridized carbons (Fsp3) is 0.562. The average molecular weight is 290 g/mol. The molecule has 0 amide bonds. The van der Waals surface area contributed by atoms with Gasteiger partial charge in [0, 0.05) is 0 Å². The Balaban J connectivity index is 1.88. The molecule has 0 aromatic heterocycles. The van der Waals surface area contributed by atoms with Gasteiger partial charge in [0.1, 0.15) is 0 Å². The molecule has 1 aromatic rings. The average Bonchev–Trinajstić information content (AvgIpc) is 2.56. The van der Waals surface area contributed by atoms with Crippen LogP contribution in [0.15, 0.2) is 24.3 Å². The van der Waals surface area contributed by atoms with Gasteiger partial charge in [-0.2, -0.15) is 0 Å². The highest BCUT2D eigenvalue weighted by Crippen LogP contribution is 2.37. The predicted molar refractivity (Wildman–Crippen MR) is 82.4 cm³/mol. The van der Waals surface area contributed by atoms with Crippen molar-refractivity contribution < 1.29 is 19.2 Å². The van der Waals surface area contributed by atoms with Crippen molar-refractivity contribution >= 4 is 13.1 Å². The molecule has 1 saturated heterocycles. The van der Waals surface area contributed by atoms with Crippen molar-refractivity contribution in [1.29, 1.82) is 0 Å². The Morgan fingerprint density at radius 2 is 1.52 bits per heavy atom. The summed E-state index contributed by atoms with van der Waals surface area (Å²) in [5, 5.41) is 8.75. The van der Waals surface area contributed by atoms with Gasteiger partial charge in [-0.1, -0.05) is 24.3 Å². The number of aliphatic carboxylic acids is 1. The van der Waals surface area contributed by atoms with E-state index in [4.69, 9.17) is 14.4 Å². The zero-order chi connectivity index (χ0) is 15.7. The predicted octanol–water partition coefficient (Wildman–Crippen LogP) is 2.95. The SMILES string of the molecule is CC1(C)OB(CCc2ccc(CC(=O)O)cc2)OC1(C)C. The van der Waals surface area contributed by atoms with Crippen molar-refractivity contribution in [2.75, 3.05) is 0 Å². The summed E-state index contributed by atoms with van der Waals surface area (Å²) in [4.78, 5) is 10.6. The van der Waals surface area contributed by atoms with Gasteiger partial charge in [0.05, 0.1) is 17.6 Å². The van der Waals surface area contributed by atoms with E-state index >= 15 is 0 Å². The summed E-state index contributed by atoms with van der Waals surface area (Å²) in [6, 6.07) is 7.69. The van der Waals surface area contributed by atoms with Crippen molar-refractivity contribution in [2.45, 2.75) is 58.1 Å². The number of hydrogen-bond donors (Lipinski definition) is 1. The first-order valence-electron chi connectivity index (χ1n) is 7.35. The molecule has 0 atom stereocenters. The summed E-state index contributed by atoms with van der Waals surface area (Å²) in [6.45, 7) is 8.20. The first kappa shape index (κ1) is 16.1. The van der Waals surface area contributed by atoms with Crippen LogP contribution in [0, 0.1) is 0 Å². The molecule has 1 N–H and O–H groups in total. The Hall–Kier alpha value is -1.33. The maximum absolute atomic E-state index is 10.6. The quantitative estimate of drug-likeness (QED) is 0.847. The second-order valence-corrected chi connectivity index (χ2v) is 6.61.